The van der Waals surface area contributed by atoms with Crippen LogP contribution in [0.2, 0.25) is 0 Å². The number of aliphatic hydroxyl groups excluding tert-OH is 1. The molecule has 1 rings (SSSR count). The van der Waals surface area contributed by atoms with Crippen molar-refractivity contribution in [2.24, 2.45) is 5.73 Å². The zero-order valence-corrected chi connectivity index (χ0v) is 19.4. The Morgan fingerprint density at radius 3 is 2.09 bits per heavy atom. The molecule has 0 aliphatic heterocycles. The molecule has 0 saturated heterocycles. The fourth-order valence-corrected chi connectivity index (χ4v) is 3.37. The number of carboxylic acids is 1. The first kappa shape index (κ1) is 27.8. The van der Waals surface area contributed by atoms with Gasteiger partial charge in [-0.05, 0) is 24.0 Å². The average molecular weight is 487 g/mol. The second kappa shape index (κ2) is 14.7. The van der Waals surface area contributed by atoms with Crippen molar-refractivity contribution in [3.63, 3.8) is 0 Å². The number of carboxylic acid groups (broad SMARTS) is 1. The van der Waals surface area contributed by atoms with Crippen LogP contribution >= 0.6 is 24.4 Å². The molecule has 178 valence electrons. The second-order valence-corrected chi connectivity index (χ2v) is 8.32. The van der Waals surface area contributed by atoms with E-state index in [0.717, 1.165) is 5.56 Å². The van der Waals surface area contributed by atoms with Crippen molar-refractivity contribution in [2.45, 2.75) is 37.0 Å². The quantitative estimate of drug-likeness (QED) is 0.160. The van der Waals surface area contributed by atoms with Crippen molar-refractivity contribution < 1.29 is 29.4 Å². The van der Waals surface area contributed by atoms with E-state index in [1.54, 1.807) is 30.3 Å². The molecule has 0 spiro atoms. The maximum Gasteiger partial charge on any atom is 0.327 e. The Morgan fingerprint density at radius 1 is 1.00 bits per heavy atom. The van der Waals surface area contributed by atoms with Crippen molar-refractivity contribution in [2.75, 3.05) is 24.4 Å². The van der Waals surface area contributed by atoms with Crippen LogP contribution in [0, 0.1) is 0 Å². The molecule has 0 saturated carbocycles. The van der Waals surface area contributed by atoms with Gasteiger partial charge in [-0.25, -0.2) is 4.79 Å². The Balaban J connectivity index is 3.04. The molecule has 0 unspecified atom stereocenters. The number of nitrogens with two attached hydrogens (primary N) is 1. The van der Waals surface area contributed by atoms with E-state index in [-0.39, 0.29) is 18.6 Å². The third-order valence-corrected chi connectivity index (χ3v) is 5.50. The molecule has 12 heteroatoms. The lowest BCUT2D eigenvalue weighted by Gasteiger charge is -2.25. The molecule has 1 aromatic rings. The first-order chi connectivity index (χ1) is 15.2. The molecule has 0 radical (unpaired) electrons. The van der Waals surface area contributed by atoms with Crippen LogP contribution in [-0.4, -0.2) is 82.4 Å². The second-order valence-electron chi connectivity index (χ2n) is 6.96. The number of nitrogens with one attached hydrogen (secondary N) is 3. The van der Waals surface area contributed by atoms with E-state index < -0.39 is 54.5 Å². The van der Waals surface area contributed by atoms with Gasteiger partial charge in [0.1, 0.15) is 24.2 Å². The molecule has 32 heavy (non-hydrogen) atoms. The summed E-state index contributed by atoms with van der Waals surface area (Å²) in [5.41, 5.74) is 6.27. The van der Waals surface area contributed by atoms with Crippen LogP contribution in [0.3, 0.4) is 0 Å². The molecule has 0 bridgehead atoms. The number of aliphatic hydroxyl groups is 1. The molecule has 0 aliphatic rings. The SMILES string of the molecule is CSCC[C@H](NC(=O)[C@@H](N)CO)C(=O)N[C@@H](Cc1ccccc1)C(=O)N[C@@H](CS)C(=O)O. The van der Waals surface area contributed by atoms with Crippen molar-refractivity contribution in [3.8, 4) is 0 Å². The maximum absolute atomic E-state index is 12.9. The Morgan fingerprint density at radius 2 is 1.56 bits per heavy atom. The highest BCUT2D eigenvalue weighted by Gasteiger charge is 2.30. The highest BCUT2D eigenvalue weighted by Crippen LogP contribution is 2.07. The number of aliphatic carboxylic acids is 1. The number of carbonyl (C=O) groups is 4. The zero-order valence-electron chi connectivity index (χ0n) is 17.7. The minimum Gasteiger partial charge on any atom is -0.480 e. The van der Waals surface area contributed by atoms with Gasteiger partial charge in [-0.3, -0.25) is 14.4 Å². The topological polar surface area (TPSA) is 171 Å². The van der Waals surface area contributed by atoms with E-state index in [2.05, 4.69) is 28.6 Å². The van der Waals surface area contributed by atoms with Crippen LogP contribution in [0.5, 0.6) is 0 Å². The van der Waals surface area contributed by atoms with Crippen LogP contribution < -0.4 is 21.7 Å². The normalized spacial score (nSPS) is 14.5. The van der Waals surface area contributed by atoms with E-state index >= 15 is 0 Å². The molecule has 1 aromatic carbocycles. The Labute approximate surface area is 196 Å². The van der Waals surface area contributed by atoms with E-state index in [0.29, 0.717) is 5.75 Å². The summed E-state index contributed by atoms with van der Waals surface area (Å²) < 4.78 is 0. The lowest BCUT2D eigenvalue weighted by atomic mass is 10.0. The van der Waals surface area contributed by atoms with Gasteiger partial charge in [0.15, 0.2) is 0 Å². The summed E-state index contributed by atoms with van der Waals surface area (Å²) in [4.78, 5) is 49.1. The summed E-state index contributed by atoms with van der Waals surface area (Å²) >= 11 is 5.41. The zero-order chi connectivity index (χ0) is 24.1. The van der Waals surface area contributed by atoms with E-state index in [1.807, 2.05) is 6.26 Å². The number of rotatable bonds is 14. The predicted molar refractivity (Wildman–Crippen MR) is 125 cm³/mol. The monoisotopic (exact) mass is 486 g/mol. The van der Waals surface area contributed by atoms with Gasteiger partial charge in [0.05, 0.1) is 6.61 Å². The van der Waals surface area contributed by atoms with Gasteiger partial charge in [0.25, 0.3) is 0 Å². The molecule has 0 aliphatic carbocycles. The molecular weight excluding hydrogens is 456 g/mol. The van der Waals surface area contributed by atoms with Crippen LogP contribution in [0.25, 0.3) is 0 Å². The Kier molecular flexibility index (Phi) is 12.8. The van der Waals surface area contributed by atoms with Gasteiger partial charge in [-0.2, -0.15) is 24.4 Å². The number of thiol groups is 1. The molecule has 0 heterocycles. The van der Waals surface area contributed by atoms with Gasteiger partial charge in [-0.15, -0.1) is 0 Å². The summed E-state index contributed by atoms with van der Waals surface area (Å²) in [6.07, 6.45) is 2.22. The molecular formula is C20H30N4O6S2. The summed E-state index contributed by atoms with van der Waals surface area (Å²) in [5.74, 6) is -2.83. The molecule has 10 nitrogen and oxygen atoms in total. The molecule has 4 atom stereocenters. The minimum absolute atomic E-state index is 0.108. The highest BCUT2D eigenvalue weighted by molar-refractivity contribution is 7.98. The van der Waals surface area contributed by atoms with Crippen LogP contribution in [0.1, 0.15) is 12.0 Å². The molecule has 0 aromatic heterocycles. The third kappa shape index (κ3) is 9.47. The summed E-state index contributed by atoms with van der Waals surface area (Å²) in [7, 11) is 0. The lowest BCUT2D eigenvalue weighted by Crippen LogP contribution is -2.58. The van der Waals surface area contributed by atoms with Crippen LogP contribution in [-0.2, 0) is 25.6 Å². The van der Waals surface area contributed by atoms with Gasteiger partial charge >= 0.3 is 5.97 Å². The largest absolute Gasteiger partial charge is 0.480 e. The summed E-state index contributed by atoms with van der Waals surface area (Å²) in [5, 5.41) is 25.7. The first-order valence-corrected chi connectivity index (χ1v) is 11.9. The number of hydrogen-bond acceptors (Lipinski definition) is 8. The molecule has 3 amide bonds. The number of thioether (sulfide) groups is 1. The first-order valence-electron chi connectivity index (χ1n) is 9.87. The van der Waals surface area contributed by atoms with Gasteiger partial charge in [0, 0.05) is 12.2 Å². The maximum atomic E-state index is 12.9. The van der Waals surface area contributed by atoms with E-state index in [1.165, 1.54) is 11.8 Å². The minimum atomic E-state index is -1.25. The van der Waals surface area contributed by atoms with E-state index in [4.69, 9.17) is 10.8 Å². The number of hydrogen-bond donors (Lipinski definition) is 7. The van der Waals surface area contributed by atoms with Gasteiger partial charge in [0.2, 0.25) is 17.7 Å². The van der Waals surface area contributed by atoms with Gasteiger partial charge in [-0.1, -0.05) is 30.3 Å². The Hall–Kier alpha value is -2.28. The number of amides is 3. The molecule has 7 N–H and O–H groups in total. The molecule has 0 fully saturated rings. The van der Waals surface area contributed by atoms with Crippen LogP contribution in [0.15, 0.2) is 30.3 Å². The standard InChI is InChI=1S/C20H30N4O6S2/c1-32-8-7-14(22-17(26)13(21)10-25)18(27)23-15(9-12-5-3-2-4-6-12)19(28)24-16(11-31)20(29)30/h2-6,13-16,25,31H,7-11,21H2,1H3,(H,22,26)(H,23,27)(H,24,28)(H,29,30)/t13-,14-,15-,16-/m0/s1. The van der Waals surface area contributed by atoms with E-state index in [9.17, 15) is 24.3 Å². The number of benzene rings is 1. The Bertz CT molecular complexity index is 768. The van der Waals surface area contributed by atoms with Crippen molar-refractivity contribution >= 4 is 48.1 Å². The summed E-state index contributed by atoms with van der Waals surface area (Å²) in [6.45, 7) is -0.581. The fraction of sp³-hybridized carbons (Fsp3) is 0.500. The van der Waals surface area contributed by atoms with Crippen LogP contribution in [0.4, 0.5) is 0 Å². The average Bonchev–Trinajstić information content (AvgIpc) is 2.79. The smallest absolute Gasteiger partial charge is 0.327 e. The third-order valence-electron chi connectivity index (χ3n) is 4.49. The van der Waals surface area contributed by atoms with Crippen molar-refractivity contribution in [1.82, 2.24) is 16.0 Å². The fourth-order valence-electron chi connectivity index (χ4n) is 2.66. The number of carbonyl (C=O) groups excluding carboxylic acids is 3. The van der Waals surface area contributed by atoms with Gasteiger partial charge < -0.3 is 31.9 Å². The van der Waals surface area contributed by atoms with Crippen molar-refractivity contribution in [3.05, 3.63) is 35.9 Å². The predicted octanol–water partition coefficient (Wildman–Crippen LogP) is -1.23. The van der Waals surface area contributed by atoms with Crippen molar-refractivity contribution in [1.29, 1.82) is 0 Å². The lowest BCUT2D eigenvalue weighted by molar-refractivity contribution is -0.141. The summed E-state index contributed by atoms with van der Waals surface area (Å²) in [6, 6.07) is 4.41. The highest BCUT2D eigenvalue weighted by atomic mass is 32.2.